The lowest BCUT2D eigenvalue weighted by Crippen LogP contribution is -2.25. The van der Waals surface area contributed by atoms with Crippen LogP contribution in [-0.4, -0.2) is 11.7 Å². The average Bonchev–Trinajstić information content (AvgIpc) is 2.36. The highest BCUT2D eigenvalue weighted by atomic mass is 19.3. The lowest BCUT2D eigenvalue weighted by Gasteiger charge is -2.07. The van der Waals surface area contributed by atoms with Crippen molar-refractivity contribution in [3.63, 3.8) is 0 Å². The molecule has 0 unspecified atom stereocenters. The van der Waals surface area contributed by atoms with Gasteiger partial charge in [-0.05, 0) is 6.92 Å². The van der Waals surface area contributed by atoms with Gasteiger partial charge >= 0.3 is 5.92 Å². The van der Waals surface area contributed by atoms with Crippen molar-refractivity contribution in [2.45, 2.75) is 12.8 Å². The van der Waals surface area contributed by atoms with Gasteiger partial charge in [0, 0.05) is 6.07 Å². The fraction of sp³-hybridized carbons (Fsp3) is 0.500. The summed E-state index contributed by atoms with van der Waals surface area (Å²) in [6.07, 6.45) is 0. The minimum atomic E-state index is -3.07. The number of rotatable bonds is 2. The van der Waals surface area contributed by atoms with E-state index in [2.05, 4.69) is 9.68 Å². The van der Waals surface area contributed by atoms with E-state index >= 15 is 0 Å². The minimum absolute atomic E-state index is 0.355. The van der Waals surface area contributed by atoms with Crippen molar-refractivity contribution in [1.82, 2.24) is 5.16 Å². The molecule has 0 amide bonds. The molecule has 62 valence electrons. The van der Waals surface area contributed by atoms with Crippen LogP contribution >= 0.6 is 0 Å². The van der Waals surface area contributed by atoms with Gasteiger partial charge in [-0.1, -0.05) is 5.16 Å². The van der Waals surface area contributed by atoms with Crippen LogP contribution in [0.2, 0.25) is 0 Å². The molecule has 0 aliphatic rings. The summed E-state index contributed by atoms with van der Waals surface area (Å²) in [7, 11) is 0. The number of halogens is 2. The Morgan fingerprint density at radius 1 is 1.73 bits per heavy atom. The Morgan fingerprint density at radius 3 is 2.73 bits per heavy atom. The van der Waals surface area contributed by atoms with Crippen LogP contribution in [0.4, 0.5) is 8.78 Å². The van der Waals surface area contributed by atoms with Crippen LogP contribution in [0, 0.1) is 6.92 Å². The number of hydrogen-bond donors (Lipinski definition) is 1. The smallest absolute Gasteiger partial charge is 0.305 e. The molecule has 1 aromatic heterocycles. The molecule has 0 fully saturated rings. The van der Waals surface area contributed by atoms with Gasteiger partial charge in [0.25, 0.3) is 0 Å². The van der Waals surface area contributed by atoms with Crippen LogP contribution in [0.25, 0.3) is 0 Å². The molecule has 0 saturated heterocycles. The largest absolute Gasteiger partial charge is 0.361 e. The van der Waals surface area contributed by atoms with Gasteiger partial charge < -0.3 is 10.3 Å². The summed E-state index contributed by atoms with van der Waals surface area (Å²) >= 11 is 0. The molecule has 0 aliphatic carbocycles. The summed E-state index contributed by atoms with van der Waals surface area (Å²) in [6, 6.07) is 1.17. The predicted octanol–water partition coefficient (Wildman–Crippen LogP) is 1.03. The highest BCUT2D eigenvalue weighted by Gasteiger charge is 2.33. The van der Waals surface area contributed by atoms with Gasteiger partial charge in [-0.3, -0.25) is 0 Å². The molecule has 1 heterocycles. The van der Waals surface area contributed by atoms with Gasteiger partial charge in [0.2, 0.25) is 0 Å². The molecule has 0 radical (unpaired) electrons. The third kappa shape index (κ3) is 1.54. The highest BCUT2D eigenvalue weighted by molar-refractivity contribution is 5.10. The van der Waals surface area contributed by atoms with E-state index in [0.717, 1.165) is 0 Å². The van der Waals surface area contributed by atoms with Crippen LogP contribution < -0.4 is 5.73 Å². The van der Waals surface area contributed by atoms with Crippen molar-refractivity contribution in [2.24, 2.45) is 5.73 Å². The fourth-order valence-electron chi connectivity index (χ4n) is 0.643. The van der Waals surface area contributed by atoms with Crippen LogP contribution in [0.1, 0.15) is 11.5 Å². The summed E-state index contributed by atoms with van der Waals surface area (Å²) in [6.45, 7) is 0.794. The summed E-state index contributed by atoms with van der Waals surface area (Å²) < 4.78 is 29.8. The Hall–Kier alpha value is -0.970. The number of hydrogen-bond acceptors (Lipinski definition) is 3. The normalized spacial score (nSPS) is 12.0. The molecule has 0 saturated carbocycles. The molecular formula is C6H8F2N2O. The van der Waals surface area contributed by atoms with Crippen LogP contribution in [0.15, 0.2) is 10.6 Å². The lowest BCUT2D eigenvalue weighted by molar-refractivity contribution is -0.00151. The Labute approximate surface area is 62.2 Å². The third-order valence-corrected chi connectivity index (χ3v) is 1.26. The van der Waals surface area contributed by atoms with Gasteiger partial charge in [-0.2, -0.15) is 8.78 Å². The van der Waals surface area contributed by atoms with Gasteiger partial charge in [0.05, 0.1) is 6.54 Å². The first-order valence-corrected chi connectivity index (χ1v) is 3.08. The molecule has 0 bridgehead atoms. The highest BCUT2D eigenvalue weighted by Crippen LogP contribution is 2.25. The molecule has 2 N–H and O–H groups in total. The van der Waals surface area contributed by atoms with Crippen molar-refractivity contribution in [3.8, 4) is 0 Å². The maximum Gasteiger partial charge on any atom is 0.305 e. The predicted molar refractivity (Wildman–Crippen MR) is 34.2 cm³/mol. The first kappa shape index (κ1) is 8.13. The van der Waals surface area contributed by atoms with Crippen LogP contribution in [0.5, 0.6) is 0 Å². The van der Waals surface area contributed by atoms with E-state index in [4.69, 9.17) is 5.73 Å². The van der Waals surface area contributed by atoms with Crippen molar-refractivity contribution in [1.29, 1.82) is 0 Å². The SMILES string of the molecule is Cc1cc(C(F)(F)CN)no1. The van der Waals surface area contributed by atoms with E-state index in [0.29, 0.717) is 5.76 Å². The quantitative estimate of drug-likeness (QED) is 0.706. The second kappa shape index (κ2) is 2.58. The average molecular weight is 162 g/mol. The van der Waals surface area contributed by atoms with E-state index < -0.39 is 18.2 Å². The van der Waals surface area contributed by atoms with E-state index in [1.807, 2.05) is 0 Å². The zero-order valence-corrected chi connectivity index (χ0v) is 5.97. The van der Waals surface area contributed by atoms with E-state index in [9.17, 15) is 8.78 Å². The van der Waals surface area contributed by atoms with E-state index in [-0.39, 0.29) is 0 Å². The zero-order valence-electron chi connectivity index (χ0n) is 5.97. The van der Waals surface area contributed by atoms with Crippen molar-refractivity contribution >= 4 is 0 Å². The first-order chi connectivity index (χ1) is 5.06. The van der Waals surface area contributed by atoms with Crippen molar-refractivity contribution < 1.29 is 13.3 Å². The molecule has 5 heteroatoms. The van der Waals surface area contributed by atoms with Crippen molar-refractivity contribution in [2.75, 3.05) is 6.54 Å². The third-order valence-electron chi connectivity index (χ3n) is 1.26. The van der Waals surface area contributed by atoms with Crippen LogP contribution in [0.3, 0.4) is 0 Å². The second-order valence-electron chi connectivity index (χ2n) is 2.23. The van der Waals surface area contributed by atoms with E-state index in [1.165, 1.54) is 6.07 Å². The molecule has 0 aliphatic heterocycles. The molecule has 0 spiro atoms. The molecule has 1 rings (SSSR count). The second-order valence-corrected chi connectivity index (χ2v) is 2.23. The topological polar surface area (TPSA) is 52.0 Å². The number of nitrogens with two attached hydrogens (primary N) is 1. The molecule has 0 aromatic carbocycles. The number of nitrogens with zero attached hydrogens (tertiary/aromatic N) is 1. The number of aromatic nitrogens is 1. The molecule has 11 heavy (non-hydrogen) atoms. The zero-order chi connectivity index (χ0) is 8.48. The Kier molecular flexibility index (Phi) is 1.90. The molecular weight excluding hydrogens is 154 g/mol. The standard InChI is InChI=1S/C6H8F2N2O/c1-4-2-5(10-11-4)6(7,8)3-9/h2H,3,9H2,1H3. The number of alkyl halides is 2. The first-order valence-electron chi connectivity index (χ1n) is 3.08. The lowest BCUT2D eigenvalue weighted by atomic mass is 10.2. The molecule has 3 nitrogen and oxygen atoms in total. The van der Waals surface area contributed by atoms with Crippen LogP contribution in [-0.2, 0) is 5.92 Å². The molecule has 0 atom stereocenters. The fourth-order valence-corrected chi connectivity index (χ4v) is 0.643. The summed E-state index contributed by atoms with van der Waals surface area (Å²) in [5.41, 5.74) is 4.41. The minimum Gasteiger partial charge on any atom is -0.361 e. The summed E-state index contributed by atoms with van der Waals surface area (Å²) in [4.78, 5) is 0. The van der Waals surface area contributed by atoms with Crippen molar-refractivity contribution in [3.05, 3.63) is 17.5 Å². The van der Waals surface area contributed by atoms with Gasteiger partial charge in [-0.15, -0.1) is 0 Å². The maximum absolute atomic E-state index is 12.7. The van der Waals surface area contributed by atoms with Gasteiger partial charge in [0.15, 0.2) is 5.69 Å². The van der Waals surface area contributed by atoms with E-state index in [1.54, 1.807) is 6.92 Å². The Bertz CT molecular complexity index is 246. The summed E-state index contributed by atoms with van der Waals surface area (Å²) in [5.74, 6) is -2.72. The Morgan fingerprint density at radius 2 is 2.36 bits per heavy atom. The monoisotopic (exact) mass is 162 g/mol. The number of aryl methyl sites for hydroxylation is 1. The summed E-state index contributed by atoms with van der Waals surface area (Å²) in [5, 5.41) is 3.15. The maximum atomic E-state index is 12.7. The van der Waals surface area contributed by atoms with Gasteiger partial charge in [-0.25, -0.2) is 0 Å². The van der Waals surface area contributed by atoms with Gasteiger partial charge in [0.1, 0.15) is 5.76 Å². The Balaban J connectivity index is 2.92. The molecule has 1 aromatic rings.